The van der Waals surface area contributed by atoms with E-state index < -0.39 is 26.2 Å². The average molecular weight is 312 g/mol. The Morgan fingerprint density at radius 2 is 1.70 bits per heavy atom. The van der Waals surface area contributed by atoms with Crippen molar-refractivity contribution >= 4 is 0 Å². The van der Waals surface area contributed by atoms with E-state index in [2.05, 4.69) is 4.98 Å². The van der Waals surface area contributed by atoms with Crippen LogP contribution in [0.4, 0.5) is 0 Å². The van der Waals surface area contributed by atoms with Crippen LogP contribution in [0.1, 0.15) is 34.7 Å². The fourth-order valence-electron chi connectivity index (χ4n) is 2.62. The Hall–Kier alpha value is -2.48. The van der Waals surface area contributed by atoms with Gasteiger partial charge in [0, 0.05) is 24.8 Å². The lowest BCUT2D eigenvalue weighted by molar-refractivity contribution is -0.663. The maximum atomic E-state index is 7.97. The van der Waals surface area contributed by atoms with Gasteiger partial charge >= 0.3 is 5.82 Å². The number of aromatic nitrogens is 2. The van der Waals surface area contributed by atoms with E-state index in [1.165, 1.54) is 10.8 Å². The quantitative estimate of drug-likeness (QED) is 0.638. The molecule has 2 heteroatoms. The molecule has 0 atom stereocenters. The molecule has 1 aromatic heterocycles. The van der Waals surface area contributed by atoms with Crippen LogP contribution >= 0.6 is 0 Å². The van der Waals surface area contributed by atoms with Gasteiger partial charge in [-0.2, -0.15) is 0 Å². The highest BCUT2D eigenvalue weighted by molar-refractivity contribution is 5.74. The van der Waals surface area contributed by atoms with E-state index in [-0.39, 0.29) is 17.0 Å². The minimum Gasteiger partial charge on any atom is -0.233 e. The second kappa shape index (κ2) is 5.96. The van der Waals surface area contributed by atoms with Gasteiger partial charge in [0.25, 0.3) is 0 Å². The van der Waals surface area contributed by atoms with Gasteiger partial charge < -0.3 is 0 Å². The second-order valence-electron chi connectivity index (χ2n) is 5.52. The predicted octanol–water partition coefficient (Wildman–Crippen LogP) is 4.47. The number of hydrogen-bond donors (Lipinski definition) is 0. The molecule has 2 aromatic carbocycles. The molecule has 2 nitrogen and oxygen atoms in total. The monoisotopic (exact) mass is 312 g/mol. The Labute approximate surface area is 151 Å². The van der Waals surface area contributed by atoms with Crippen molar-refractivity contribution in [1.29, 1.82) is 0 Å². The van der Waals surface area contributed by atoms with E-state index in [4.69, 9.17) is 12.3 Å². The summed E-state index contributed by atoms with van der Waals surface area (Å²) in [7, 11) is 1.58. The standard InChI is InChI=1S/C21H23N2/c1-14-11-15(2)20(12-19(14)18-9-7-6-8-10-18)21-22-17(4)16(3)13-23(21)5/h6-13H,1-5H3/q+1/i1D3,3D3,4D3. The van der Waals surface area contributed by atoms with Crippen LogP contribution in [-0.4, -0.2) is 4.98 Å². The van der Waals surface area contributed by atoms with Crippen LogP contribution in [0, 0.1) is 27.5 Å². The summed E-state index contributed by atoms with van der Waals surface area (Å²) in [4.78, 5) is 4.27. The highest BCUT2D eigenvalue weighted by Gasteiger charge is 2.19. The van der Waals surface area contributed by atoms with Crippen LogP contribution < -0.4 is 4.57 Å². The zero-order chi connectivity index (χ0) is 24.1. The van der Waals surface area contributed by atoms with Crippen molar-refractivity contribution in [2.24, 2.45) is 7.05 Å². The Bertz CT molecular complexity index is 1150. The first-order valence-electron chi connectivity index (χ1n) is 11.7. The highest BCUT2D eigenvalue weighted by atomic mass is 15.0. The third kappa shape index (κ3) is 2.89. The molecule has 0 spiro atoms. The Balaban J connectivity index is 2.36. The van der Waals surface area contributed by atoms with Crippen LogP contribution in [0.2, 0.25) is 0 Å². The summed E-state index contributed by atoms with van der Waals surface area (Å²) in [6.45, 7) is -6.03. The molecule has 0 saturated heterocycles. The molecule has 0 bridgehead atoms. The van der Waals surface area contributed by atoms with E-state index in [1.807, 2.05) is 6.07 Å². The molecular weight excluding hydrogens is 280 g/mol. The summed E-state index contributed by atoms with van der Waals surface area (Å²) in [5.74, 6) is 0.232. The molecule has 0 aliphatic carbocycles. The molecule has 0 N–H and O–H groups in total. The number of rotatable bonds is 2. The summed E-state index contributed by atoms with van der Waals surface area (Å²) in [6.07, 6.45) is 1.26. The Kier molecular flexibility index (Phi) is 2.04. The van der Waals surface area contributed by atoms with E-state index in [9.17, 15) is 0 Å². The number of nitrogens with zero attached hydrogens (tertiary/aromatic N) is 2. The minimum absolute atomic E-state index is 0.169. The van der Waals surface area contributed by atoms with Gasteiger partial charge in [0.2, 0.25) is 0 Å². The van der Waals surface area contributed by atoms with Crippen LogP contribution in [0.3, 0.4) is 0 Å². The fraction of sp³-hybridized carbons (Fsp3) is 0.238. The minimum atomic E-state index is -2.73. The lowest BCUT2D eigenvalue weighted by Crippen LogP contribution is -2.33. The zero-order valence-electron chi connectivity index (χ0n) is 22.0. The first kappa shape index (κ1) is 7.87. The number of benzene rings is 2. The summed E-state index contributed by atoms with van der Waals surface area (Å²) in [5, 5.41) is 0. The van der Waals surface area contributed by atoms with Crippen molar-refractivity contribution in [3.8, 4) is 22.5 Å². The van der Waals surface area contributed by atoms with Crippen molar-refractivity contribution < 1.29 is 16.9 Å². The third-order valence-corrected chi connectivity index (χ3v) is 3.82. The lowest BCUT2D eigenvalue weighted by atomic mass is 9.94. The smallest absolute Gasteiger partial charge is 0.233 e. The van der Waals surface area contributed by atoms with Gasteiger partial charge in [-0.25, -0.2) is 4.57 Å². The summed E-state index contributed by atoms with van der Waals surface area (Å²) >= 11 is 0. The van der Waals surface area contributed by atoms with Crippen LogP contribution in [0.5, 0.6) is 0 Å². The molecule has 0 fully saturated rings. The van der Waals surface area contributed by atoms with Crippen LogP contribution in [-0.2, 0) is 7.05 Å². The molecule has 0 radical (unpaired) electrons. The fourth-order valence-corrected chi connectivity index (χ4v) is 2.62. The Morgan fingerprint density at radius 3 is 2.39 bits per heavy atom. The van der Waals surface area contributed by atoms with E-state index in [1.54, 1.807) is 50.4 Å². The molecule has 116 valence electrons. The van der Waals surface area contributed by atoms with Gasteiger partial charge in [0.05, 0.1) is 18.8 Å². The first-order chi connectivity index (χ1) is 14.6. The van der Waals surface area contributed by atoms with Crippen LogP contribution in [0.15, 0.2) is 48.7 Å². The molecule has 0 saturated carbocycles. The molecule has 0 unspecified atom stereocenters. The number of hydrogen-bond acceptors (Lipinski definition) is 1. The molecule has 3 aromatic rings. The van der Waals surface area contributed by atoms with Gasteiger partial charge in [0.15, 0.2) is 5.69 Å². The third-order valence-electron chi connectivity index (χ3n) is 3.82. The maximum absolute atomic E-state index is 7.97. The average Bonchev–Trinajstić information content (AvgIpc) is 2.66. The largest absolute Gasteiger partial charge is 0.330 e. The SMILES string of the molecule is [2H]C([2H])([2H])c1cc(C)c(-c2nc(C([2H])([2H])[2H])c(C([2H])([2H])[2H])c[n+]2C)cc1-c1ccccc1. The molecule has 23 heavy (non-hydrogen) atoms. The van der Waals surface area contributed by atoms with Crippen molar-refractivity contribution in [2.75, 3.05) is 0 Å². The predicted molar refractivity (Wildman–Crippen MR) is 95.2 cm³/mol. The molecule has 0 amide bonds. The molecule has 0 aliphatic heterocycles. The second-order valence-corrected chi connectivity index (χ2v) is 5.52. The summed E-state index contributed by atoms with van der Waals surface area (Å²) in [6, 6.07) is 12.2. The van der Waals surface area contributed by atoms with Crippen molar-refractivity contribution in [3.05, 3.63) is 71.0 Å². The highest BCUT2D eigenvalue weighted by Crippen LogP contribution is 2.30. The van der Waals surface area contributed by atoms with Gasteiger partial charge in [-0.05, 0) is 53.9 Å². The van der Waals surface area contributed by atoms with E-state index >= 15 is 0 Å². The zero-order valence-corrected chi connectivity index (χ0v) is 13.0. The van der Waals surface area contributed by atoms with Gasteiger partial charge in [-0.1, -0.05) is 36.4 Å². The van der Waals surface area contributed by atoms with Crippen molar-refractivity contribution in [2.45, 2.75) is 27.5 Å². The summed E-state index contributed by atoms with van der Waals surface area (Å²) in [5.41, 5.74) is 1.60. The van der Waals surface area contributed by atoms with Gasteiger partial charge in [-0.3, -0.25) is 0 Å². The summed E-state index contributed by atoms with van der Waals surface area (Å²) < 4.78 is 71.9. The first-order valence-corrected chi connectivity index (χ1v) is 7.23. The van der Waals surface area contributed by atoms with Crippen molar-refractivity contribution in [3.63, 3.8) is 0 Å². The Morgan fingerprint density at radius 1 is 0.913 bits per heavy atom. The normalized spacial score (nSPS) is 18.3. The van der Waals surface area contributed by atoms with E-state index in [0.717, 1.165) is 0 Å². The molecular formula is C21H23N2+. The topological polar surface area (TPSA) is 16.8 Å². The van der Waals surface area contributed by atoms with Gasteiger partial charge in [0.1, 0.15) is 0 Å². The lowest BCUT2D eigenvalue weighted by Gasteiger charge is -2.11. The van der Waals surface area contributed by atoms with E-state index in [0.29, 0.717) is 22.3 Å². The number of aryl methyl sites for hydroxylation is 5. The molecule has 3 rings (SSSR count). The molecule has 1 heterocycles. The van der Waals surface area contributed by atoms with Crippen molar-refractivity contribution in [1.82, 2.24) is 4.98 Å². The maximum Gasteiger partial charge on any atom is 0.330 e. The van der Waals surface area contributed by atoms with Crippen LogP contribution in [0.25, 0.3) is 22.5 Å². The molecule has 0 aliphatic rings. The van der Waals surface area contributed by atoms with Gasteiger partial charge in [-0.15, -0.1) is 0 Å².